The largest absolute Gasteiger partial charge is 0.475 e. The Morgan fingerprint density at radius 2 is 1.75 bits per heavy atom. The van der Waals surface area contributed by atoms with Crippen LogP contribution in [0.3, 0.4) is 0 Å². The SMILES string of the molecule is CCCCCc1nc(C)nc(OCCOC)c1Cc1ccc(-c2ccccc2C#N)cc1. The van der Waals surface area contributed by atoms with Crippen molar-refractivity contribution in [2.75, 3.05) is 20.3 Å². The number of benzene rings is 2. The third-order valence-corrected chi connectivity index (χ3v) is 5.40. The quantitative estimate of drug-likeness (QED) is 0.367. The lowest BCUT2D eigenvalue weighted by atomic mass is 9.96. The molecular formula is C27H31N3O2. The fourth-order valence-electron chi connectivity index (χ4n) is 3.73. The van der Waals surface area contributed by atoms with Crippen LogP contribution in [0, 0.1) is 18.3 Å². The molecule has 1 heterocycles. The fourth-order valence-corrected chi connectivity index (χ4v) is 3.73. The molecule has 3 aromatic rings. The molecule has 0 atom stereocenters. The van der Waals surface area contributed by atoms with Crippen molar-refractivity contribution in [2.24, 2.45) is 0 Å². The number of aryl methyl sites for hydroxylation is 2. The average molecular weight is 430 g/mol. The Labute approximate surface area is 191 Å². The number of methoxy groups -OCH3 is 1. The first kappa shape index (κ1) is 23.4. The summed E-state index contributed by atoms with van der Waals surface area (Å²) in [6.07, 6.45) is 5.06. The minimum atomic E-state index is 0.457. The average Bonchev–Trinajstić information content (AvgIpc) is 2.81. The third-order valence-electron chi connectivity index (χ3n) is 5.40. The zero-order valence-corrected chi connectivity index (χ0v) is 19.2. The van der Waals surface area contributed by atoms with E-state index in [0.29, 0.717) is 31.1 Å². The Morgan fingerprint density at radius 1 is 0.969 bits per heavy atom. The predicted molar refractivity (Wildman–Crippen MR) is 127 cm³/mol. The monoisotopic (exact) mass is 429 g/mol. The number of nitriles is 1. The molecule has 0 radical (unpaired) electrons. The van der Waals surface area contributed by atoms with Crippen LogP contribution in [0.5, 0.6) is 5.88 Å². The number of hydrogen-bond donors (Lipinski definition) is 0. The van der Waals surface area contributed by atoms with E-state index >= 15 is 0 Å². The molecule has 32 heavy (non-hydrogen) atoms. The molecule has 0 bridgehead atoms. The number of nitrogens with zero attached hydrogens (tertiary/aromatic N) is 3. The van der Waals surface area contributed by atoms with E-state index in [2.05, 4.69) is 42.2 Å². The first-order valence-electron chi connectivity index (χ1n) is 11.2. The van der Waals surface area contributed by atoms with Crippen LogP contribution in [0.4, 0.5) is 0 Å². The van der Waals surface area contributed by atoms with Crippen molar-refractivity contribution in [1.29, 1.82) is 5.26 Å². The van der Waals surface area contributed by atoms with Gasteiger partial charge in [-0.25, -0.2) is 4.98 Å². The highest BCUT2D eigenvalue weighted by Crippen LogP contribution is 2.27. The minimum absolute atomic E-state index is 0.457. The van der Waals surface area contributed by atoms with E-state index in [1.165, 1.54) is 12.8 Å². The molecular weight excluding hydrogens is 398 g/mol. The molecule has 3 rings (SSSR count). The number of ether oxygens (including phenoxy) is 2. The lowest BCUT2D eigenvalue weighted by Crippen LogP contribution is -2.12. The predicted octanol–water partition coefficient (Wildman–Crippen LogP) is 5.67. The Kier molecular flexibility index (Phi) is 8.77. The molecule has 0 spiro atoms. The van der Waals surface area contributed by atoms with Gasteiger partial charge in [-0.05, 0) is 42.5 Å². The van der Waals surface area contributed by atoms with Crippen molar-refractivity contribution >= 4 is 0 Å². The van der Waals surface area contributed by atoms with Gasteiger partial charge in [-0.15, -0.1) is 0 Å². The van der Waals surface area contributed by atoms with Crippen molar-refractivity contribution in [3.05, 3.63) is 76.7 Å². The van der Waals surface area contributed by atoms with Crippen molar-refractivity contribution < 1.29 is 9.47 Å². The summed E-state index contributed by atoms with van der Waals surface area (Å²) in [5.41, 5.74) is 5.93. The van der Waals surface area contributed by atoms with E-state index in [4.69, 9.17) is 14.5 Å². The van der Waals surface area contributed by atoms with Gasteiger partial charge in [0.25, 0.3) is 0 Å². The van der Waals surface area contributed by atoms with E-state index in [1.54, 1.807) is 7.11 Å². The Balaban J connectivity index is 1.89. The second kappa shape index (κ2) is 12.0. The summed E-state index contributed by atoms with van der Waals surface area (Å²) in [6.45, 7) is 5.09. The lowest BCUT2D eigenvalue weighted by Gasteiger charge is -2.16. The number of hydrogen-bond acceptors (Lipinski definition) is 5. The van der Waals surface area contributed by atoms with Crippen LogP contribution < -0.4 is 4.74 Å². The highest BCUT2D eigenvalue weighted by atomic mass is 16.5. The summed E-state index contributed by atoms with van der Waals surface area (Å²) in [5, 5.41) is 9.40. The molecule has 5 nitrogen and oxygen atoms in total. The second-order valence-electron chi connectivity index (χ2n) is 7.83. The topological polar surface area (TPSA) is 68.0 Å². The molecule has 0 saturated carbocycles. The maximum atomic E-state index is 9.40. The lowest BCUT2D eigenvalue weighted by molar-refractivity contribution is 0.143. The zero-order chi connectivity index (χ0) is 22.8. The van der Waals surface area contributed by atoms with Crippen molar-refractivity contribution in [3.63, 3.8) is 0 Å². The Morgan fingerprint density at radius 3 is 2.47 bits per heavy atom. The fraction of sp³-hybridized carbons (Fsp3) is 0.370. The van der Waals surface area contributed by atoms with E-state index in [0.717, 1.165) is 46.6 Å². The van der Waals surface area contributed by atoms with Crippen LogP contribution in [0.2, 0.25) is 0 Å². The van der Waals surface area contributed by atoms with Gasteiger partial charge in [-0.2, -0.15) is 10.2 Å². The molecule has 0 aliphatic rings. The van der Waals surface area contributed by atoms with Crippen molar-refractivity contribution in [1.82, 2.24) is 9.97 Å². The van der Waals surface area contributed by atoms with Gasteiger partial charge in [0, 0.05) is 19.1 Å². The van der Waals surface area contributed by atoms with Crippen LogP contribution in [-0.2, 0) is 17.6 Å². The molecule has 0 amide bonds. The smallest absolute Gasteiger partial charge is 0.220 e. The summed E-state index contributed by atoms with van der Waals surface area (Å²) in [5.74, 6) is 1.39. The van der Waals surface area contributed by atoms with Gasteiger partial charge in [0.2, 0.25) is 5.88 Å². The number of unbranched alkanes of at least 4 members (excludes halogenated alkanes) is 2. The molecule has 0 aliphatic carbocycles. The van der Waals surface area contributed by atoms with E-state index in [-0.39, 0.29) is 0 Å². The molecule has 166 valence electrons. The first-order chi connectivity index (χ1) is 15.7. The summed E-state index contributed by atoms with van der Waals surface area (Å²) in [4.78, 5) is 9.35. The molecule has 0 N–H and O–H groups in total. The molecule has 0 fully saturated rings. The highest BCUT2D eigenvalue weighted by Gasteiger charge is 2.16. The zero-order valence-electron chi connectivity index (χ0n) is 19.2. The normalized spacial score (nSPS) is 10.7. The molecule has 0 saturated heterocycles. The highest BCUT2D eigenvalue weighted by molar-refractivity contribution is 5.70. The van der Waals surface area contributed by atoms with E-state index in [1.807, 2.05) is 31.2 Å². The van der Waals surface area contributed by atoms with Crippen LogP contribution in [-0.4, -0.2) is 30.3 Å². The molecule has 2 aromatic carbocycles. The molecule has 1 aromatic heterocycles. The van der Waals surface area contributed by atoms with Crippen molar-refractivity contribution in [3.8, 4) is 23.1 Å². The number of aromatic nitrogens is 2. The second-order valence-corrected chi connectivity index (χ2v) is 7.83. The molecule has 0 unspecified atom stereocenters. The molecule has 5 heteroatoms. The van der Waals surface area contributed by atoms with Crippen LogP contribution in [0.25, 0.3) is 11.1 Å². The maximum absolute atomic E-state index is 9.40. The summed E-state index contributed by atoms with van der Waals surface area (Å²) in [7, 11) is 1.66. The standard InChI is InChI=1S/C27H31N3O2/c1-4-5-6-11-26-25(27(30-20(2)29-26)32-17-16-31-3)18-21-12-14-22(15-13-21)24-10-8-7-9-23(24)19-28/h7-10,12-15H,4-6,11,16-18H2,1-3H3. The van der Waals surface area contributed by atoms with Gasteiger partial charge >= 0.3 is 0 Å². The Bertz CT molecular complexity index is 1020. The van der Waals surface area contributed by atoms with Crippen LogP contribution in [0.1, 0.15) is 54.4 Å². The summed E-state index contributed by atoms with van der Waals surface area (Å²) in [6, 6.07) is 18.3. The van der Waals surface area contributed by atoms with Crippen molar-refractivity contribution in [2.45, 2.75) is 46.0 Å². The summed E-state index contributed by atoms with van der Waals surface area (Å²) < 4.78 is 11.1. The number of rotatable bonds is 11. The first-order valence-corrected chi connectivity index (χ1v) is 11.2. The van der Waals surface area contributed by atoms with E-state index in [9.17, 15) is 5.26 Å². The van der Waals surface area contributed by atoms with Gasteiger partial charge in [-0.3, -0.25) is 0 Å². The third kappa shape index (κ3) is 6.15. The Hall–Kier alpha value is -3.23. The van der Waals surface area contributed by atoms with Gasteiger partial charge < -0.3 is 9.47 Å². The summed E-state index contributed by atoms with van der Waals surface area (Å²) >= 11 is 0. The van der Waals surface area contributed by atoms with Gasteiger partial charge in [0.15, 0.2) is 0 Å². The maximum Gasteiger partial charge on any atom is 0.220 e. The van der Waals surface area contributed by atoms with Gasteiger partial charge in [0.1, 0.15) is 12.4 Å². The van der Waals surface area contributed by atoms with E-state index < -0.39 is 0 Å². The van der Waals surface area contributed by atoms with Crippen LogP contribution >= 0.6 is 0 Å². The van der Waals surface area contributed by atoms with Gasteiger partial charge in [0.05, 0.1) is 23.9 Å². The van der Waals surface area contributed by atoms with Crippen LogP contribution in [0.15, 0.2) is 48.5 Å². The van der Waals surface area contributed by atoms with Gasteiger partial charge in [-0.1, -0.05) is 62.2 Å². The molecule has 0 aliphatic heterocycles. The minimum Gasteiger partial charge on any atom is -0.475 e.